The van der Waals surface area contributed by atoms with Crippen LogP contribution in [0.3, 0.4) is 0 Å². The highest BCUT2D eigenvalue weighted by Crippen LogP contribution is 2.30. The predicted molar refractivity (Wildman–Crippen MR) is 135 cm³/mol. The number of aryl methyl sites for hydroxylation is 3. The molecule has 0 unspecified atom stereocenters. The van der Waals surface area contributed by atoms with Gasteiger partial charge in [0.15, 0.2) is 0 Å². The molecule has 0 fully saturated rings. The van der Waals surface area contributed by atoms with Crippen LogP contribution in [0.25, 0.3) is 33.9 Å². The minimum absolute atomic E-state index is 0.589. The van der Waals surface area contributed by atoms with E-state index in [0.717, 1.165) is 71.1 Å². The number of benzene rings is 2. The van der Waals surface area contributed by atoms with Crippen molar-refractivity contribution in [2.24, 2.45) is 0 Å². The highest BCUT2D eigenvalue weighted by atomic mass is 15.5. The van der Waals surface area contributed by atoms with Gasteiger partial charge >= 0.3 is 0 Å². The topological polar surface area (TPSA) is 98.1 Å². The van der Waals surface area contributed by atoms with Gasteiger partial charge in [0.1, 0.15) is 17.2 Å². The van der Waals surface area contributed by atoms with Crippen LogP contribution in [0.1, 0.15) is 42.5 Å². The van der Waals surface area contributed by atoms with Gasteiger partial charge in [0, 0.05) is 30.9 Å². The number of nitrogens with zero attached hydrogens (tertiary/aromatic N) is 7. The van der Waals surface area contributed by atoms with E-state index >= 15 is 0 Å². The summed E-state index contributed by atoms with van der Waals surface area (Å²) in [6.45, 7) is 6.90. The number of hydrogen-bond acceptors (Lipinski definition) is 6. The largest absolute Gasteiger partial charge is 0.330 e. The first-order valence-electron chi connectivity index (χ1n) is 11.9. The molecule has 0 bridgehead atoms. The molecule has 1 N–H and O–H groups in total. The molecule has 35 heavy (non-hydrogen) atoms. The Kier molecular flexibility index (Phi) is 6.43. The smallest absolute Gasteiger partial charge is 0.205 e. The Morgan fingerprint density at radius 1 is 0.943 bits per heavy atom. The Bertz CT molecular complexity index is 1420. The Hall–Kier alpha value is -4.20. The zero-order valence-electron chi connectivity index (χ0n) is 20.2. The fourth-order valence-corrected chi connectivity index (χ4v) is 4.21. The lowest BCUT2D eigenvalue weighted by Gasteiger charge is -2.10. The van der Waals surface area contributed by atoms with Crippen LogP contribution >= 0.6 is 0 Å². The lowest BCUT2D eigenvalue weighted by Crippen LogP contribution is -2.04. The zero-order valence-corrected chi connectivity index (χ0v) is 20.2. The highest BCUT2D eigenvalue weighted by Gasteiger charge is 2.15. The average molecular weight is 465 g/mol. The summed E-state index contributed by atoms with van der Waals surface area (Å²) in [4.78, 5) is 14.1. The van der Waals surface area contributed by atoms with Crippen LogP contribution in [0.2, 0.25) is 0 Å². The molecule has 2 aromatic carbocycles. The normalized spacial score (nSPS) is 11.2. The Labute approximate surface area is 204 Å². The summed E-state index contributed by atoms with van der Waals surface area (Å²) in [6.07, 6.45) is 7.07. The molecule has 0 aliphatic rings. The number of imidazole rings is 1. The molecule has 176 valence electrons. The molecule has 8 heteroatoms. The van der Waals surface area contributed by atoms with Gasteiger partial charge in [-0.05, 0) is 42.2 Å². The summed E-state index contributed by atoms with van der Waals surface area (Å²) < 4.78 is 2.25. The summed E-state index contributed by atoms with van der Waals surface area (Å²) >= 11 is 0. The van der Waals surface area contributed by atoms with E-state index in [4.69, 9.17) is 9.97 Å². The van der Waals surface area contributed by atoms with Crippen molar-refractivity contribution < 1.29 is 0 Å². The summed E-state index contributed by atoms with van der Waals surface area (Å²) in [6, 6.07) is 16.7. The second kappa shape index (κ2) is 9.97. The maximum absolute atomic E-state index is 4.96. The summed E-state index contributed by atoms with van der Waals surface area (Å²) in [7, 11) is 0. The van der Waals surface area contributed by atoms with Crippen molar-refractivity contribution in [1.29, 1.82) is 0 Å². The van der Waals surface area contributed by atoms with Gasteiger partial charge in [-0.1, -0.05) is 61.9 Å². The van der Waals surface area contributed by atoms with Gasteiger partial charge in [0.05, 0.1) is 11.4 Å². The number of H-pyrrole nitrogens is 1. The molecule has 0 saturated heterocycles. The van der Waals surface area contributed by atoms with E-state index in [1.807, 2.05) is 32.0 Å². The van der Waals surface area contributed by atoms with E-state index in [-0.39, 0.29) is 0 Å². The lowest BCUT2D eigenvalue weighted by atomic mass is 9.98. The van der Waals surface area contributed by atoms with Gasteiger partial charge in [-0.25, -0.2) is 9.97 Å². The Morgan fingerprint density at radius 2 is 1.74 bits per heavy atom. The van der Waals surface area contributed by atoms with E-state index in [1.54, 1.807) is 6.20 Å². The Balaban J connectivity index is 1.44. The van der Waals surface area contributed by atoms with E-state index in [9.17, 15) is 0 Å². The number of unbranched alkanes of at least 4 members (excludes halogenated alkanes) is 1. The third-order valence-corrected chi connectivity index (χ3v) is 6.06. The van der Waals surface area contributed by atoms with Crippen LogP contribution in [0.4, 0.5) is 0 Å². The standard InChI is InChI=1S/C27H28N8/c1-4-5-10-25-30-24(26-19(3)28-15-18(2)29-26)17-35(25)16-20-11-13-21(14-12-20)22-8-6-7-9-23(22)27-31-33-34-32-27/h6-9,11-15,17H,4-5,10,16H2,1-3H3,(H,31,32,33,34). The summed E-state index contributed by atoms with van der Waals surface area (Å²) in [5.74, 6) is 1.67. The molecule has 0 saturated carbocycles. The van der Waals surface area contributed by atoms with Crippen LogP contribution in [0.5, 0.6) is 0 Å². The molecule has 5 aromatic rings. The van der Waals surface area contributed by atoms with E-state index in [0.29, 0.717) is 5.82 Å². The van der Waals surface area contributed by atoms with Crippen LogP contribution in [0, 0.1) is 13.8 Å². The second-order valence-electron chi connectivity index (χ2n) is 8.70. The Morgan fingerprint density at radius 3 is 2.49 bits per heavy atom. The van der Waals surface area contributed by atoms with Gasteiger partial charge in [-0.2, -0.15) is 5.21 Å². The van der Waals surface area contributed by atoms with E-state index < -0.39 is 0 Å². The molecule has 5 rings (SSSR count). The fraction of sp³-hybridized carbons (Fsp3) is 0.259. The van der Waals surface area contributed by atoms with Crippen molar-refractivity contribution in [3.8, 4) is 33.9 Å². The number of hydrogen-bond donors (Lipinski definition) is 1. The molecule has 3 aromatic heterocycles. The molecular formula is C27H28N8. The van der Waals surface area contributed by atoms with Gasteiger partial charge < -0.3 is 4.57 Å². The van der Waals surface area contributed by atoms with Crippen molar-refractivity contribution >= 4 is 0 Å². The monoisotopic (exact) mass is 464 g/mol. The van der Waals surface area contributed by atoms with Crippen molar-refractivity contribution in [3.05, 3.63) is 83.7 Å². The highest BCUT2D eigenvalue weighted by molar-refractivity contribution is 5.80. The van der Waals surface area contributed by atoms with Gasteiger partial charge in [0.25, 0.3) is 0 Å². The SMILES string of the molecule is CCCCc1nc(-c2nc(C)cnc2C)cn1Cc1ccc(-c2ccccc2-c2nn[nH]n2)cc1. The number of tetrazole rings is 1. The quantitative estimate of drug-likeness (QED) is 0.339. The van der Waals surface area contributed by atoms with Crippen molar-refractivity contribution in [2.45, 2.75) is 46.6 Å². The van der Waals surface area contributed by atoms with Gasteiger partial charge in [-0.15, -0.1) is 10.2 Å². The van der Waals surface area contributed by atoms with Crippen LogP contribution < -0.4 is 0 Å². The van der Waals surface area contributed by atoms with E-state index in [1.165, 1.54) is 5.56 Å². The fourth-order valence-electron chi connectivity index (χ4n) is 4.21. The van der Waals surface area contributed by atoms with Gasteiger partial charge in [-0.3, -0.25) is 4.98 Å². The predicted octanol–water partition coefficient (Wildman–Crippen LogP) is 5.19. The molecule has 0 atom stereocenters. The van der Waals surface area contributed by atoms with Crippen molar-refractivity contribution in [1.82, 2.24) is 40.1 Å². The maximum atomic E-state index is 4.96. The minimum Gasteiger partial charge on any atom is -0.330 e. The summed E-state index contributed by atoms with van der Waals surface area (Å²) in [5, 5.41) is 14.5. The average Bonchev–Trinajstić information content (AvgIpc) is 3.55. The first-order valence-corrected chi connectivity index (χ1v) is 11.9. The number of nitrogens with one attached hydrogen (secondary N) is 1. The maximum Gasteiger partial charge on any atom is 0.205 e. The molecule has 0 spiro atoms. The molecule has 0 radical (unpaired) electrons. The van der Waals surface area contributed by atoms with Crippen LogP contribution in [-0.4, -0.2) is 40.1 Å². The molecule has 0 aliphatic heterocycles. The molecule has 3 heterocycles. The van der Waals surface area contributed by atoms with Crippen LogP contribution in [0.15, 0.2) is 60.9 Å². The van der Waals surface area contributed by atoms with Crippen molar-refractivity contribution in [3.63, 3.8) is 0 Å². The third kappa shape index (κ3) is 4.87. The van der Waals surface area contributed by atoms with Crippen molar-refractivity contribution in [2.75, 3.05) is 0 Å². The number of rotatable bonds is 8. The number of aromatic amines is 1. The molecule has 0 aliphatic carbocycles. The summed E-state index contributed by atoms with van der Waals surface area (Å²) in [5.41, 5.74) is 7.87. The van der Waals surface area contributed by atoms with Gasteiger partial charge in [0.2, 0.25) is 5.82 Å². The third-order valence-electron chi connectivity index (χ3n) is 6.06. The first kappa shape index (κ1) is 22.6. The molecular weight excluding hydrogens is 436 g/mol. The molecule has 0 amide bonds. The second-order valence-corrected chi connectivity index (χ2v) is 8.70. The van der Waals surface area contributed by atoms with Crippen LogP contribution in [-0.2, 0) is 13.0 Å². The number of aromatic nitrogens is 8. The zero-order chi connectivity index (χ0) is 24.2. The first-order chi connectivity index (χ1) is 17.1. The molecule has 8 nitrogen and oxygen atoms in total. The minimum atomic E-state index is 0.589. The lowest BCUT2D eigenvalue weighted by molar-refractivity contribution is 0.678. The van der Waals surface area contributed by atoms with E-state index in [2.05, 4.69) is 73.6 Å².